The lowest BCUT2D eigenvalue weighted by atomic mass is 10.1. The normalized spacial score (nSPS) is 11.0. The van der Waals surface area contributed by atoms with E-state index in [9.17, 15) is 0 Å². The molecule has 0 aromatic carbocycles. The quantitative estimate of drug-likeness (QED) is 0.707. The molecule has 0 radical (unpaired) electrons. The second-order valence-corrected chi connectivity index (χ2v) is 3.42. The van der Waals surface area contributed by atoms with Gasteiger partial charge in [-0.15, -0.1) is 0 Å². The van der Waals surface area contributed by atoms with Crippen LogP contribution in [-0.4, -0.2) is 16.7 Å². The van der Waals surface area contributed by atoms with Crippen molar-refractivity contribution in [3.05, 3.63) is 23.5 Å². The maximum absolute atomic E-state index is 8.63. The summed E-state index contributed by atoms with van der Waals surface area (Å²) in [7, 11) is 0. The molecule has 1 heterocycles. The highest BCUT2D eigenvalue weighted by Gasteiger charge is 2.01. The van der Waals surface area contributed by atoms with Gasteiger partial charge in [0.15, 0.2) is 0 Å². The molecule has 1 rings (SSSR count). The van der Waals surface area contributed by atoms with Crippen molar-refractivity contribution in [3.63, 3.8) is 0 Å². The topological polar surface area (TPSA) is 36.0 Å². The fourth-order valence-electron chi connectivity index (χ4n) is 1.21. The molecular weight excluding hydrogens is 150 g/mol. The van der Waals surface area contributed by atoms with Crippen LogP contribution in [0.1, 0.15) is 37.6 Å². The molecule has 0 saturated carbocycles. The Morgan fingerprint density at radius 1 is 1.42 bits per heavy atom. The van der Waals surface area contributed by atoms with Crippen molar-refractivity contribution in [1.29, 1.82) is 0 Å². The number of hydrogen-bond acceptors (Lipinski definition) is 1. The average Bonchev–Trinajstić information content (AvgIpc) is 2.48. The first-order valence-electron chi connectivity index (χ1n) is 4.52. The summed E-state index contributed by atoms with van der Waals surface area (Å²) in [5, 5.41) is 8.63. The van der Waals surface area contributed by atoms with E-state index in [4.69, 9.17) is 5.11 Å². The molecule has 1 aromatic rings. The smallest absolute Gasteiger partial charge is 0.0434 e. The Morgan fingerprint density at radius 2 is 2.17 bits per heavy atom. The Labute approximate surface area is 73.6 Å². The van der Waals surface area contributed by atoms with E-state index in [1.807, 2.05) is 0 Å². The molecule has 2 N–H and O–H groups in total. The summed E-state index contributed by atoms with van der Waals surface area (Å²) in [5.74, 6) is 0.563. The molecule has 0 fully saturated rings. The van der Waals surface area contributed by atoms with Crippen LogP contribution in [0.5, 0.6) is 0 Å². The van der Waals surface area contributed by atoms with Crippen LogP contribution >= 0.6 is 0 Å². The number of aromatic nitrogens is 1. The molecule has 0 unspecified atom stereocenters. The fraction of sp³-hybridized carbons (Fsp3) is 0.600. The minimum atomic E-state index is 0.274. The van der Waals surface area contributed by atoms with Gasteiger partial charge in [-0.05, 0) is 30.9 Å². The second-order valence-electron chi connectivity index (χ2n) is 3.42. The van der Waals surface area contributed by atoms with Crippen LogP contribution in [-0.2, 0) is 6.42 Å². The van der Waals surface area contributed by atoms with Gasteiger partial charge >= 0.3 is 0 Å². The average molecular weight is 167 g/mol. The van der Waals surface area contributed by atoms with Gasteiger partial charge in [0.2, 0.25) is 0 Å². The van der Waals surface area contributed by atoms with Crippen LogP contribution in [0.25, 0.3) is 0 Å². The van der Waals surface area contributed by atoms with E-state index in [0.29, 0.717) is 5.92 Å². The van der Waals surface area contributed by atoms with Crippen LogP contribution in [0.15, 0.2) is 12.1 Å². The minimum Gasteiger partial charge on any atom is -0.396 e. The lowest BCUT2D eigenvalue weighted by Crippen LogP contribution is -1.91. The molecule has 0 aliphatic rings. The predicted molar refractivity (Wildman–Crippen MR) is 50.3 cm³/mol. The van der Waals surface area contributed by atoms with Crippen LogP contribution in [0.2, 0.25) is 0 Å². The molecule has 12 heavy (non-hydrogen) atoms. The molecule has 0 spiro atoms. The summed E-state index contributed by atoms with van der Waals surface area (Å²) in [6.45, 7) is 4.61. The first-order valence-corrected chi connectivity index (χ1v) is 4.52. The van der Waals surface area contributed by atoms with Crippen LogP contribution < -0.4 is 0 Å². The summed E-state index contributed by atoms with van der Waals surface area (Å²) < 4.78 is 0. The number of rotatable bonds is 4. The van der Waals surface area contributed by atoms with Crippen molar-refractivity contribution in [2.75, 3.05) is 6.61 Å². The van der Waals surface area contributed by atoms with E-state index in [1.165, 1.54) is 11.4 Å². The number of aliphatic hydroxyl groups is 1. The summed E-state index contributed by atoms with van der Waals surface area (Å²) in [4.78, 5) is 3.34. The van der Waals surface area contributed by atoms with Crippen molar-refractivity contribution >= 4 is 0 Å². The number of aryl methyl sites for hydroxylation is 1. The van der Waals surface area contributed by atoms with Crippen molar-refractivity contribution in [2.45, 2.75) is 32.6 Å². The lowest BCUT2D eigenvalue weighted by Gasteiger charge is -2.00. The monoisotopic (exact) mass is 167 g/mol. The summed E-state index contributed by atoms with van der Waals surface area (Å²) in [6.07, 6.45) is 1.79. The maximum atomic E-state index is 8.63. The molecule has 0 saturated heterocycles. The summed E-state index contributed by atoms with van der Waals surface area (Å²) >= 11 is 0. The Morgan fingerprint density at radius 3 is 2.67 bits per heavy atom. The number of hydrogen-bond donors (Lipinski definition) is 2. The Balaban J connectivity index is 2.52. The molecule has 0 bridgehead atoms. The SMILES string of the molecule is CC(C)c1ccc(CCCO)[nH]1. The number of aromatic amines is 1. The van der Waals surface area contributed by atoms with E-state index in [0.717, 1.165) is 12.8 Å². The third kappa shape index (κ3) is 2.38. The number of H-pyrrole nitrogens is 1. The zero-order valence-electron chi connectivity index (χ0n) is 7.80. The highest BCUT2D eigenvalue weighted by Crippen LogP contribution is 2.13. The minimum absolute atomic E-state index is 0.274. The largest absolute Gasteiger partial charge is 0.396 e. The van der Waals surface area contributed by atoms with Gasteiger partial charge in [-0.1, -0.05) is 13.8 Å². The fourth-order valence-corrected chi connectivity index (χ4v) is 1.21. The molecule has 2 heteroatoms. The van der Waals surface area contributed by atoms with E-state index < -0.39 is 0 Å². The maximum Gasteiger partial charge on any atom is 0.0434 e. The van der Waals surface area contributed by atoms with Gasteiger partial charge in [0.1, 0.15) is 0 Å². The van der Waals surface area contributed by atoms with Gasteiger partial charge in [-0.3, -0.25) is 0 Å². The van der Waals surface area contributed by atoms with Crippen LogP contribution in [0, 0.1) is 0 Å². The zero-order valence-corrected chi connectivity index (χ0v) is 7.80. The highest BCUT2D eigenvalue weighted by atomic mass is 16.2. The Bertz CT molecular complexity index is 227. The number of nitrogens with one attached hydrogen (secondary N) is 1. The standard InChI is InChI=1S/C10H17NO/c1-8(2)10-6-5-9(11-10)4-3-7-12/h5-6,8,11-12H,3-4,7H2,1-2H3. The second kappa shape index (κ2) is 4.31. The number of aliphatic hydroxyl groups excluding tert-OH is 1. The molecule has 0 atom stereocenters. The molecule has 0 aliphatic carbocycles. The molecular formula is C10H17NO. The van der Waals surface area contributed by atoms with Gasteiger partial charge in [-0.25, -0.2) is 0 Å². The van der Waals surface area contributed by atoms with Crippen molar-refractivity contribution in [3.8, 4) is 0 Å². The molecule has 68 valence electrons. The predicted octanol–water partition coefficient (Wildman–Crippen LogP) is 2.06. The van der Waals surface area contributed by atoms with E-state index in [1.54, 1.807) is 0 Å². The van der Waals surface area contributed by atoms with Crippen LogP contribution in [0.4, 0.5) is 0 Å². The molecule has 1 aromatic heterocycles. The van der Waals surface area contributed by atoms with Crippen molar-refractivity contribution < 1.29 is 5.11 Å². The highest BCUT2D eigenvalue weighted by molar-refractivity contribution is 5.15. The van der Waals surface area contributed by atoms with Gasteiger partial charge in [0.05, 0.1) is 0 Å². The third-order valence-electron chi connectivity index (χ3n) is 2.00. The van der Waals surface area contributed by atoms with E-state index in [-0.39, 0.29) is 6.61 Å². The van der Waals surface area contributed by atoms with Gasteiger partial charge in [0.25, 0.3) is 0 Å². The Hall–Kier alpha value is -0.760. The van der Waals surface area contributed by atoms with Crippen molar-refractivity contribution in [1.82, 2.24) is 4.98 Å². The van der Waals surface area contributed by atoms with Crippen LogP contribution in [0.3, 0.4) is 0 Å². The summed E-state index contributed by atoms with van der Waals surface area (Å²) in [5.41, 5.74) is 2.51. The Kier molecular flexibility index (Phi) is 3.35. The van der Waals surface area contributed by atoms with Gasteiger partial charge < -0.3 is 10.1 Å². The third-order valence-corrected chi connectivity index (χ3v) is 2.00. The van der Waals surface area contributed by atoms with Gasteiger partial charge in [-0.2, -0.15) is 0 Å². The molecule has 0 amide bonds. The summed E-state index contributed by atoms with van der Waals surface area (Å²) in [6, 6.07) is 4.22. The zero-order chi connectivity index (χ0) is 8.97. The van der Waals surface area contributed by atoms with Gasteiger partial charge in [0, 0.05) is 18.0 Å². The van der Waals surface area contributed by atoms with E-state index in [2.05, 4.69) is 31.0 Å². The molecule has 0 aliphatic heterocycles. The lowest BCUT2D eigenvalue weighted by molar-refractivity contribution is 0.288. The first kappa shape index (κ1) is 9.33. The molecule has 2 nitrogen and oxygen atoms in total. The van der Waals surface area contributed by atoms with E-state index >= 15 is 0 Å². The first-order chi connectivity index (χ1) is 5.74. The van der Waals surface area contributed by atoms with Crippen molar-refractivity contribution in [2.24, 2.45) is 0 Å².